The second-order valence-corrected chi connectivity index (χ2v) is 7.43. The van der Waals surface area contributed by atoms with Gasteiger partial charge in [-0.3, -0.25) is 0 Å². The zero-order valence-corrected chi connectivity index (χ0v) is 20.6. The van der Waals surface area contributed by atoms with Crippen LogP contribution in [-0.2, 0) is 11.3 Å². The van der Waals surface area contributed by atoms with E-state index in [0.29, 0.717) is 50.7 Å². The number of ether oxygens (including phenoxy) is 6. The third-order valence-corrected chi connectivity index (χ3v) is 5.41. The van der Waals surface area contributed by atoms with Gasteiger partial charge < -0.3 is 28.4 Å². The number of carbonyl (C=O) groups is 1. The predicted molar refractivity (Wildman–Crippen MR) is 130 cm³/mol. The van der Waals surface area contributed by atoms with Crippen molar-refractivity contribution in [1.82, 2.24) is 19.7 Å². The second-order valence-electron chi connectivity index (χ2n) is 7.43. The first-order valence-corrected chi connectivity index (χ1v) is 11.0. The van der Waals surface area contributed by atoms with E-state index in [1.807, 2.05) is 6.07 Å². The molecule has 0 radical (unpaired) electrons. The van der Waals surface area contributed by atoms with Gasteiger partial charge in [-0.1, -0.05) is 6.07 Å². The molecule has 2 heterocycles. The van der Waals surface area contributed by atoms with E-state index in [2.05, 4.69) is 10.1 Å². The van der Waals surface area contributed by atoms with Gasteiger partial charge in [0.05, 0.1) is 47.1 Å². The van der Waals surface area contributed by atoms with E-state index >= 15 is 0 Å². The van der Waals surface area contributed by atoms with Gasteiger partial charge in [-0.15, -0.1) is 0 Å². The smallest absolute Gasteiger partial charge is 0.493 e. The van der Waals surface area contributed by atoms with E-state index in [9.17, 15) is 4.79 Å². The Kier molecular flexibility index (Phi) is 7.38. The topological polar surface area (TPSA) is 116 Å². The summed E-state index contributed by atoms with van der Waals surface area (Å²) in [6.07, 6.45) is 2.10. The van der Waals surface area contributed by atoms with Gasteiger partial charge in [-0.05, 0) is 30.7 Å². The van der Waals surface area contributed by atoms with Gasteiger partial charge in [0.1, 0.15) is 18.3 Å². The highest BCUT2D eigenvalue weighted by atomic mass is 16.7. The summed E-state index contributed by atoms with van der Waals surface area (Å²) in [4.78, 5) is 21.3. The van der Waals surface area contributed by atoms with E-state index in [1.54, 1.807) is 70.6 Å². The molecule has 0 aliphatic heterocycles. The molecule has 2 aromatic carbocycles. The normalized spacial score (nSPS) is 10.7. The lowest BCUT2D eigenvalue weighted by Gasteiger charge is -2.19. The molecular formula is C25H26N4O7. The molecule has 0 unspecified atom stereocenters. The molecule has 0 saturated carbocycles. The average Bonchev–Trinajstić information content (AvgIpc) is 3.41. The minimum absolute atomic E-state index is 0.148. The minimum atomic E-state index is -0.860. The Morgan fingerprint density at radius 3 is 2.25 bits per heavy atom. The van der Waals surface area contributed by atoms with Crippen LogP contribution >= 0.6 is 0 Å². The molecule has 0 aliphatic carbocycles. The summed E-state index contributed by atoms with van der Waals surface area (Å²) in [5.74, 6) is 2.24. The molecule has 188 valence electrons. The number of hydrogen-bond donors (Lipinski definition) is 0. The van der Waals surface area contributed by atoms with Gasteiger partial charge in [0.25, 0.3) is 0 Å². The highest BCUT2D eigenvalue weighted by Gasteiger charge is 2.24. The lowest BCUT2D eigenvalue weighted by atomic mass is 9.97. The number of aromatic nitrogens is 4. The average molecular weight is 495 g/mol. The second kappa shape index (κ2) is 10.8. The van der Waals surface area contributed by atoms with E-state index in [0.717, 1.165) is 0 Å². The number of rotatable bonds is 9. The molecule has 2 aromatic heterocycles. The minimum Gasteiger partial charge on any atom is -0.493 e. The molecule has 36 heavy (non-hydrogen) atoms. The zero-order chi connectivity index (χ0) is 25.7. The third kappa shape index (κ3) is 4.81. The molecule has 4 rings (SSSR count). The fraction of sp³-hybridized carbons (Fsp3) is 0.280. The van der Waals surface area contributed by atoms with Crippen LogP contribution in [0.25, 0.3) is 22.0 Å². The van der Waals surface area contributed by atoms with Gasteiger partial charge >= 0.3 is 6.16 Å². The first-order chi connectivity index (χ1) is 17.5. The predicted octanol–water partition coefficient (Wildman–Crippen LogP) is 4.11. The van der Waals surface area contributed by atoms with Gasteiger partial charge in [-0.2, -0.15) is 5.10 Å². The number of methoxy groups -OCH3 is 4. The lowest BCUT2D eigenvalue weighted by Crippen LogP contribution is -2.15. The van der Waals surface area contributed by atoms with Crippen molar-refractivity contribution >= 4 is 17.1 Å². The standard InChI is InChI=1S/C25H26N4O7/c1-6-35-25(30)36-24-18(12-29-14-26-13-27-29)28-17-11-22(34-5)21(33-4)10-16(17)23(24)15-7-8-19(31-2)20(9-15)32-3/h7-11,13-14H,6,12H2,1-5H3. The number of carbonyl (C=O) groups excluding carboxylic acids is 1. The molecule has 0 amide bonds. The van der Waals surface area contributed by atoms with Gasteiger partial charge in [0.15, 0.2) is 28.7 Å². The molecule has 0 fully saturated rings. The quantitative estimate of drug-likeness (QED) is 0.315. The van der Waals surface area contributed by atoms with Crippen LogP contribution in [0.2, 0.25) is 0 Å². The Bertz CT molecular complexity index is 1370. The Morgan fingerprint density at radius 1 is 0.917 bits per heavy atom. The largest absolute Gasteiger partial charge is 0.513 e. The maximum Gasteiger partial charge on any atom is 0.513 e. The molecule has 11 nitrogen and oxygen atoms in total. The number of fused-ring (bicyclic) bond motifs is 1. The highest BCUT2D eigenvalue weighted by molar-refractivity contribution is 6.01. The van der Waals surface area contributed by atoms with Crippen molar-refractivity contribution in [1.29, 1.82) is 0 Å². The van der Waals surface area contributed by atoms with Crippen LogP contribution in [0.3, 0.4) is 0 Å². The maximum absolute atomic E-state index is 12.5. The number of benzene rings is 2. The number of hydrogen-bond acceptors (Lipinski definition) is 10. The van der Waals surface area contributed by atoms with Gasteiger partial charge in [0, 0.05) is 17.0 Å². The summed E-state index contributed by atoms with van der Waals surface area (Å²) in [5.41, 5.74) is 2.28. The van der Waals surface area contributed by atoms with Crippen molar-refractivity contribution in [3.05, 3.63) is 48.7 Å². The maximum atomic E-state index is 12.5. The summed E-state index contributed by atoms with van der Waals surface area (Å²) in [6, 6.07) is 8.94. The zero-order valence-electron chi connectivity index (χ0n) is 20.6. The van der Waals surface area contributed by atoms with Crippen molar-refractivity contribution < 1.29 is 33.2 Å². The van der Waals surface area contributed by atoms with Gasteiger partial charge in [0.2, 0.25) is 0 Å². The van der Waals surface area contributed by atoms with E-state index in [-0.39, 0.29) is 18.9 Å². The van der Waals surface area contributed by atoms with Crippen molar-refractivity contribution in [2.75, 3.05) is 35.0 Å². The Balaban J connectivity index is 2.07. The lowest BCUT2D eigenvalue weighted by molar-refractivity contribution is 0.104. The Labute approximate surface area is 207 Å². The number of nitrogens with zero attached hydrogens (tertiary/aromatic N) is 4. The SMILES string of the molecule is CCOC(=O)Oc1c(Cn2cncn2)nc2cc(OC)c(OC)cc2c1-c1ccc(OC)c(OC)c1. The van der Waals surface area contributed by atoms with E-state index in [1.165, 1.54) is 6.33 Å². The Hall–Kier alpha value is -4.54. The van der Waals surface area contributed by atoms with Crippen LogP contribution in [0.5, 0.6) is 28.7 Å². The first kappa shape index (κ1) is 24.6. The van der Waals surface area contributed by atoms with Crippen LogP contribution in [0.1, 0.15) is 12.6 Å². The van der Waals surface area contributed by atoms with Crippen molar-refractivity contribution in [3.8, 4) is 39.9 Å². The molecule has 11 heteroatoms. The summed E-state index contributed by atoms with van der Waals surface area (Å²) in [6.45, 7) is 2.02. The monoisotopic (exact) mass is 494 g/mol. The van der Waals surface area contributed by atoms with Crippen molar-refractivity contribution in [3.63, 3.8) is 0 Å². The molecule has 0 aliphatic rings. The van der Waals surface area contributed by atoms with Crippen LogP contribution in [0, 0.1) is 0 Å². The molecule has 0 atom stereocenters. The van der Waals surface area contributed by atoms with Crippen molar-refractivity contribution in [2.24, 2.45) is 0 Å². The summed E-state index contributed by atoms with van der Waals surface area (Å²) in [5, 5.41) is 4.83. The van der Waals surface area contributed by atoms with Crippen LogP contribution in [-0.4, -0.2) is 60.9 Å². The molecule has 0 saturated heterocycles. The molecule has 0 spiro atoms. The molecule has 0 bridgehead atoms. The van der Waals surface area contributed by atoms with Crippen LogP contribution < -0.4 is 23.7 Å². The van der Waals surface area contributed by atoms with Crippen LogP contribution in [0.4, 0.5) is 4.79 Å². The van der Waals surface area contributed by atoms with Gasteiger partial charge in [-0.25, -0.2) is 19.4 Å². The van der Waals surface area contributed by atoms with E-state index < -0.39 is 6.16 Å². The molecular weight excluding hydrogens is 468 g/mol. The third-order valence-electron chi connectivity index (χ3n) is 5.41. The van der Waals surface area contributed by atoms with Crippen LogP contribution in [0.15, 0.2) is 43.0 Å². The number of pyridine rings is 1. The summed E-state index contributed by atoms with van der Waals surface area (Å²) >= 11 is 0. The fourth-order valence-corrected chi connectivity index (χ4v) is 3.82. The first-order valence-electron chi connectivity index (χ1n) is 11.0. The molecule has 4 aromatic rings. The van der Waals surface area contributed by atoms with Crippen molar-refractivity contribution in [2.45, 2.75) is 13.5 Å². The summed E-state index contributed by atoms with van der Waals surface area (Å²) in [7, 11) is 6.20. The fourth-order valence-electron chi connectivity index (χ4n) is 3.82. The highest BCUT2D eigenvalue weighted by Crippen LogP contribution is 2.44. The molecule has 0 N–H and O–H groups in total. The Morgan fingerprint density at radius 2 is 1.61 bits per heavy atom. The van der Waals surface area contributed by atoms with E-state index in [4.69, 9.17) is 33.4 Å². The summed E-state index contributed by atoms with van der Waals surface area (Å²) < 4.78 is 34.4.